The normalized spacial score (nSPS) is 17.7. The molecule has 3 aromatic rings. The van der Waals surface area contributed by atoms with Gasteiger partial charge in [-0.05, 0) is 30.5 Å². The van der Waals surface area contributed by atoms with E-state index in [1.54, 1.807) is 18.7 Å². The molecule has 1 aliphatic rings. The van der Waals surface area contributed by atoms with Crippen molar-refractivity contribution >= 4 is 5.91 Å². The summed E-state index contributed by atoms with van der Waals surface area (Å²) in [5, 5.41) is 0. The number of pyridine rings is 1. The number of aromatic nitrogens is 3. The summed E-state index contributed by atoms with van der Waals surface area (Å²) in [5.41, 5.74) is 1.85. The van der Waals surface area contributed by atoms with E-state index in [1.165, 1.54) is 12.0 Å². The van der Waals surface area contributed by atoms with Crippen molar-refractivity contribution in [3.8, 4) is 5.82 Å². The summed E-state index contributed by atoms with van der Waals surface area (Å²) in [6, 6.07) is 14.2. The largest absolute Gasteiger partial charge is 0.332 e. The Kier molecular flexibility index (Phi) is 4.78. The molecule has 0 spiro atoms. The highest BCUT2D eigenvalue weighted by Crippen LogP contribution is 2.31. The van der Waals surface area contributed by atoms with E-state index in [4.69, 9.17) is 0 Å². The SMILES string of the molecule is O=C(c1ccc(-n2ccnc2)nc1)N1CCCCCC1c1ccccc1. The van der Waals surface area contributed by atoms with Gasteiger partial charge >= 0.3 is 0 Å². The number of imidazole rings is 1. The Bertz CT molecular complexity index is 843. The molecule has 1 atom stereocenters. The minimum atomic E-state index is 0.0606. The van der Waals surface area contributed by atoms with Crippen LogP contribution in [0.25, 0.3) is 5.82 Å². The Morgan fingerprint density at radius 1 is 1.04 bits per heavy atom. The molecule has 5 nitrogen and oxygen atoms in total. The Hall–Kier alpha value is -2.95. The molecule has 5 heteroatoms. The van der Waals surface area contributed by atoms with Gasteiger partial charge in [-0.3, -0.25) is 9.36 Å². The zero-order chi connectivity index (χ0) is 17.8. The van der Waals surface area contributed by atoms with Crippen LogP contribution in [0.4, 0.5) is 0 Å². The van der Waals surface area contributed by atoms with Gasteiger partial charge < -0.3 is 4.90 Å². The monoisotopic (exact) mass is 346 g/mol. The second kappa shape index (κ2) is 7.52. The fourth-order valence-corrected chi connectivity index (χ4v) is 3.60. The maximum absolute atomic E-state index is 13.2. The number of carbonyl (C=O) groups excluding carboxylic acids is 1. The average Bonchev–Trinajstić information content (AvgIpc) is 3.13. The van der Waals surface area contributed by atoms with Gasteiger partial charge in [-0.2, -0.15) is 0 Å². The number of rotatable bonds is 3. The summed E-state index contributed by atoms with van der Waals surface area (Å²) in [4.78, 5) is 23.7. The van der Waals surface area contributed by atoms with Gasteiger partial charge in [0, 0.05) is 25.1 Å². The number of carbonyl (C=O) groups is 1. The third-order valence-electron chi connectivity index (χ3n) is 4.96. The van der Waals surface area contributed by atoms with Crippen molar-refractivity contribution in [1.29, 1.82) is 0 Å². The van der Waals surface area contributed by atoms with Crippen LogP contribution in [0.1, 0.15) is 47.6 Å². The summed E-state index contributed by atoms with van der Waals surface area (Å²) >= 11 is 0. The molecule has 1 saturated heterocycles. The number of nitrogens with zero attached hydrogens (tertiary/aromatic N) is 4. The van der Waals surface area contributed by atoms with Gasteiger partial charge in [0.1, 0.15) is 12.1 Å². The van der Waals surface area contributed by atoms with Crippen LogP contribution in [-0.2, 0) is 0 Å². The smallest absolute Gasteiger partial charge is 0.255 e. The Labute approximate surface area is 153 Å². The van der Waals surface area contributed by atoms with Crippen LogP contribution in [0.15, 0.2) is 67.4 Å². The van der Waals surface area contributed by atoms with Crippen LogP contribution in [0.3, 0.4) is 0 Å². The summed E-state index contributed by atoms with van der Waals surface area (Å²) in [5.74, 6) is 0.819. The maximum atomic E-state index is 13.2. The first kappa shape index (κ1) is 16.5. The van der Waals surface area contributed by atoms with Gasteiger partial charge in [-0.1, -0.05) is 43.2 Å². The van der Waals surface area contributed by atoms with Crippen molar-refractivity contribution in [3.63, 3.8) is 0 Å². The highest BCUT2D eigenvalue weighted by molar-refractivity contribution is 5.94. The van der Waals surface area contributed by atoms with E-state index in [9.17, 15) is 4.79 Å². The highest BCUT2D eigenvalue weighted by Gasteiger charge is 2.27. The molecule has 1 aliphatic heterocycles. The zero-order valence-electron chi connectivity index (χ0n) is 14.7. The van der Waals surface area contributed by atoms with Gasteiger partial charge in [0.15, 0.2) is 0 Å². The van der Waals surface area contributed by atoms with Crippen molar-refractivity contribution < 1.29 is 4.79 Å². The molecular formula is C21H22N4O. The van der Waals surface area contributed by atoms with Crippen molar-refractivity contribution in [2.75, 3.05) is 6.54 Å². The van der Waals surface area contributed by atoms with Crippen LogP contribution in [0.5, 0.6) is 0 Å². The van der Waals surface area contributed by atoms with Gasteiger partial charge in [0.05, 0.1) is 11.6 Å². The molecule has 0 saturated carbocycles. The summed E-state index contributed by atoms with van der Waals surface area (Å²) in [6.45, 7) is 0.793. The minimum absolute atomic E-state index is 0.0606. The van der Waals surface area contributed by atoms with E-state index in [0.717, 1.165) is 31.6 Å². The van der Waals surface area contributed by atoms with E-state index in [0.29, 0.717) is 5.56 Å². The molecule has 1 unspecified atom stereocenters. The number of likely N-dealkylation sites (tertiary alicyclic amines) is 1. The quantitative estimate of drug-likeness (QED) is 0.719. The van der Waals surface area contributed by atoms with Gasteiger partial charge in [-0.15, -0.1) is 0 Å². The molecule has 1 amide bonds. The standard InChI is InChI=1S/C21H22N4O/c26-21(18-10-11-20(23-15-18)24-14-12-22-16-24)25-13-6-2-5-9-19(25)17-7-3-1-4-8-17/h1,3-4,7-8,10-12,14-16,19H,2,5-6,9,13H2. The Balaban J connectivity index is 1.60. The lowest BCUT2D eigenvalue weighted by Crippen LogP contribution is -2.34. The zero-order valence-corrected chi connectivity index (χ0v) is 14.7. The second-order valence-electron chi connectivity index (χ2n) is 6.65. The van der Waals surface area contributed by atoms with Crippen LogP contribution in [0, 0.1) is 0 Å². The number of hydrogen-bond acceptors (Lipinski definition) is 3. The molecule has 26 heavy (non-hydrogen) atoms. The lowest BCUT2D eigenvalue weighted by Gasteiger charge is -2.30. The van der Waals surface area contributed by atoms with Crippen molar-refractivity contribution in [2.45, 2.75) is 31.7 Å². The molecule has 2 aromatic heterocycles. The second-order valence-corrected chi connectivity index (χ2v) is 6.65. The summed E-state index contributed by atoms with van der Waals surface area (Å²) in [6.07, 6.45) is 11.3. The first-order valence-electron chi connectivity index (χ1n) is 9.13. The molecule has 0 N–H and O–H groups in total. The topological polar surface area (TPSA) is 51.0 Å². The van der Waals surface area contributed by atoms with Crippen LogP contribution in [-0.4, -0.2) is 31.9 Å². The van der Waals surface area contributed by atoms with E-state index >= 15 is 0 Å². The molecule has 1 aromatic carbocycles. The third kappa shape index (κ3) is 3.38. The van der Waals surface area contributed by atoms with E-state index in [2.05, 4.69) is 22.1 Å². The Morgan fingerprint density at radius 3 is 2.65 bits per heavy atom. The number of benzene rings is 1. The fraction of sp³-hybridized carbons (Fsp3) is 0.286. The fourth-order valence-electron chi connectivity index (χ4n) is 3.60. The molecule has 132 valence electrons. The predicted octanol–water partition coefficient (Wildman–Crippen LogP) is 4.02. The van der Waals surface area contributed by atoms with Crippen LogP contribution < -0.4 is 0 Å². The van der Waals surface area contributed by atoms with Crippen LogP contribution in [0.2, 0.25) is 0 Å². The molecular weight excluding hydrogens is 324 g/mol. The number of amides is 1. The van der Waals surface area contributed by atoms with Crippen molar-refractivity contribution in [1.82, 2.24) is 19.4 Å². The predicted molar refractivity (Wildman–Crippen MR) is 100 cm³/mol. The average molecular weight is 346 g/mol. The molecule has 0 aliphatic carbocycles. The Morgan fingerprint density at radius 2 is 1.92 bits per heavy atom. The highest BCUT2D eigenvalue weighted by atomic mass is 16.2. The van der Waals surface area contributed by atoms with E-state index in [1.807, 2.05) is 46.0 Å². The van der Waals surface area contributed by atoms with Gasteiger partial charge in [0.2, 0.25) is 0 Å². The minimum Gasteiger partial charge on any atom is -0.332 e. The lowest BCUT2D eigenvalue weighted by atomic mass is 10.0. The first-order chi connectivity index (χ1) is 12.8. The van der Waals surface area contributed by atoms with Gasteiger partial charge in [0.25, 0.3) is 5.91 Å². The van der Waals surface area contributed by atoms with Crippen LogP contribution >= 0.6 is 0 Å². The van der Waals surface area contributed by atoms with E-state index < -0.39 is 0 Å². The third-order valence-corrected chi connectivity index (χ3v) is 4.96. The van der Waals surface area contributed by atoms with Crippen molar-refractivity contribution in [2.24, 2.45) is 0 Å². The first-order valence-corrected chi connectivity index (χ1v) is 9.13. The maximum Gasteiger partial charge on any atom is 0.255 e. The summed E-state index contributed by atoms with van der Waals surface area (Å²) in [7, 11) is 0. The number of hydrogen-bond donors (Lipinski definition) is 0. The molecule has 3 heterocycles. The summed E-state index contributed by atoms with van der Waals surface area (Å²) < 4.78 is 1.83. The lowest BCUT2D eigenvalue weighted by molar-refractivity contribution is 0.0680. The molecule has 0 bridgehead atoms. The molecule has 0 radical (unpaired) electrons. The van der Waals surface area contributed by atoms with Gasteiger partial charge in [-0.25, -0.2) is 9.97 Å². The van der Waals surface area contributed by atoms with E-state index in [-0.39, 0.29) is 11.9 Å². The van der Waals surface area contributed by atoms with Crippen molar-refractivity contribution in [3.05, 3.63) is 78.5 Å². The molecule has 4 rings (SSSR count). The molecule has 1 fully saturated rings.